The van der Waals surface area contributed by atoms with Crippen LogP contribution in [0, 0.1) is 0 Å². The first-order valence-corrected chi connectivity index (χ1v) is 6.87. The second-order valence-corrected chi connectivity index (χ2v) is 5.89. The van der Waals surface area contributed by atoms with Crippen molar-refractivity contribution in [1.29, 1.82) is 0 Å². The Labute approximate surface area is 119 Å². The number of carbonyl (C=O) groups is 1. The van der Waals surface area contributed by atoms with Crippen LogP contribution in [-0.2, 0) is 13.0 Å². The third-order valence-corrected chi connectivity index (χ3v) is 3.95. The van der Waals surface area contributed by atoms with E-state index in [1.54, 1.807) is 18.5 Å². The Morgan fingerprint density at radius 2 is 1.90 bits per heavy atom. The molecular formula is C17H18N2O. The van der Waals surface area contributed by atoms with Crippen molar-refractivity contribution < 1.29 is 4.79 Å². The molecule has 0 spiro atoms. The molecule has 102 valence electrons. The van der Waals surface area contributed by atoms with E-state index in [0.717, 1.165) is 6.42 Å². The summed E-state index contributed by atoms with van der Waals surface area (Å²) >= 11 is 0. The van der Waals surface area contributed by atoms with Gasteiger partial charge in [0.1, 0.15) is 0 Å². The van der Waals surface area contributed by atoms with Crippen molar-refractivity contribution in [3.8, 4) is 0 Å². The van der Waals surface area contributed by atoms with Gasteiger partial charge in [0.25, 0.3) is 5.91 Å². The van der Waals surface area contributed by atoms with Crippen LogP contribution in [0.5, 0.6) is 0 Å². The molecule has 3 rings (SSSR count). The van der Waals surface area contributed by atoms with Gasteiger partial charge in [-0.3, -0.25) is 9.78 Å². The Bertz CT molecular complexity index is 634. The number of hydrogen-bond acceptors (Lipinski definition) is 2. The van der Waals surface area contributed by atoms with Crippen LogP contribution in [0.1, 0.15) is 35.3 Å². The molecule has 0 fully saturated rings. The van der Waals surface area contributed by atoms with Crippen LogP contribution in [0.2, 0.25) is 0 Å². The van der Waals surface area contributed by atoms with E-state index in [4.69, 9.17) is 0 Å². The van der Waals surface area contributed by atoms with Crippen LogP contribution in [0.3, 0.4) is 0 Å². The fourth-order valence-electron chi connectivity index (χ4n) is 2.82. The first-order chi connectivity index (χ1) is 9.58. The lowest BCUT2D eigenvalue weighted by Gasteiger charge is -2.43. The minimum Gasteiger partial charge on any atom is -0.329 e. The molecule has 0 radical (unpaired) electrons. The Morgan fingerprint density at radius 3 is 2.60 bits per heavy atom. The van der Waals surface area contributed by atoms with E-state index < -0.39 is 0 Å². The van der Waals surface area contributed by atoms with Gasteiger partial charge >= 0.3 is 0 Å². The third-order valence-electron chi connectivity index (χ3n) is 3.95. The molecular weight excluding hydrogens is 248 g/mol. The molecule has 2 heterocycles. The topological polar surface area (TPSA) is 33.2 Å². The Hall–Kier alpha value is -2.16. The van der Waals surface area contributed by atoms with Gasteiger partial charge < -0.3 is 4.90 Å². The van der Waals surface area contributed by atoms with Crippen LogP contribution < -0.4 is 0 Å². The summed E-state index contributed by atoms with van der Waals surface area (Å²) in [5.41, 5.74) is 3.05. The molecule has 0 saturated heterocycles. The SMILES string of the molecule is CC1(C)Cc2ccccc2CN1C(=O)c1cccnc1. The summed E-state index contributed by atoms with van der Waals surface area (Å²) in [7, 11) is 0. The maximum atomic E-state index is 12.7. The predicted molar refractivity (Wildman–Crippen MR) is 78.3 cm³/mol. The Kier molecular flexibility index (Phi) is 3.05. The normalized spacial score (nSPS) is 16.6. The number of fused-ring (bicyclic) bond motifs is 1. The number of nitrogens with zero attached hydrogens (tertiary/aromatic N) is 2. The van der Waals surface area contributed by atoms with Gasteiger partial charge in [0, 0.05) is 24.5 Å². The molecule has 2 aromatic rings. The first kappa shape index (κ1) is 12.9. The smallest absolute Gasteiger partial charge is 0.256 e. The van der Waals surface area contributed by atoms with Crippen LogP contribution in [0.15, 0.2) is 48.8 Å². The van der Waals surface area contributed by atoms with Gasteiger partial charge in [0.05, 0.1) is 5.56 Å². The van der Waals surface area contributed by atoms with E-state index in [1.807, 2.05) is 17.0 Å². The van der Waals surface area contributed by atoms with Gasteiger partial charge in [-0.25, -0.2) is 0 Å². The van der Waals surface area contributed by atoms with Gasteiger partial charge in [-0.15, -0.1) is 0 Å². The summed E-state index contributed by atoms with van der Waals surface area (Å²) in [6.45, 7) is 4.91. The molecule has 3 heteroatoms. The zero-order valence-corrected chi connectivity index (χ0v) is 11.8. The summed E-state index contributed by atoms with van der Waals surface area (Å²) in [4.78, 5) is 18.7. The average molecular weight is 266 g/mol. The lowest BCUT2D eigenvalue weighted by Crippen LogP contribution is -2.51. The quantitative estimate of drug-likeness (QED) is 0.794. The lowest BCUT2D eigenvalue weighted by atomic mass is 9.85. The number of carbonyl (C=O) groups excluding carboxylic acids is 1. The monoisotopic (exact) mass is 266 g/mol. The predicted octanol–water partition coefficient (Wildman–Crippen LogP) is 3.06. The summed E-state index contributed by atoms with van der Waals surface area (Å²) in [6, 6.07) is 12.0. The number of rotatable bonds is 1. The fraction of sp³-hybridized carbons (Fsp3) is 0.294. The molecule has 3 nitrogen and oxygen atoms in total. The van der Waals surface area contributed by atoms with E-state index in [9.17, 15) is 4.79 Å². The molecule has 20 heavy (non-hydrogen) atoms. The van der Waals surface area contributed by atoms with Crippen molar-refractivity contribution in [1.82, 2.24) is 9.88 Å². The van der Waals surface area contributed by atoms with Crippen molar-refractivity contribution in [2.75, 3.05) is 0 Å². The van der Waals surface area contributed by atoms with Crippen LogP contribution in [0.25, 0.3) is 0 Å². The minimum absolute atomic E-state index is 0.0533. The maximum Gasteiger partial charge on any atom is 0.256 e. The van der Waals surface area contributed by atoms with Gasteiger partial charge in [-0.05, 0) is 43.5 Å². The van der Waals surface area contributed by atoms with E-state index in [1.165, 1.54) is 11.1 Å². The first-order valence-electron chi connectivity index (χ1n) is 6.87. The van der Waals surface area contributed by atoms with Gasteiger partial charge in [-0.2, -0.15) is 0 Å². The number of hydrogen-bond donors (Lipinski definition) is 0. The molecule has 1 aliphatic rings. The van der Waals surface area contributed by atoms with Gasteiger partial charge in [0.2, 0.25) is 0 Å². The van der Waals surface area contributed by atoms with Crippen LogP contribution >= 0.6 is 0 Å². The highest BCUT2D eigenvalue weighted by atomic mass is 16.2. The molecule has 1 amide bonds. The van der Waals surface area contributed by atoms with Gasteiger partial charge in [-0.1, -0.05) is 24.3 Å². The standard InChI is InChI=1S/C17H18N2O/c1-17(2)10-13-6-3-4-7-15(13)12-19(17)16(20)14-8-5-9-18-11-14/h3-9,11H,10,12H2,1-2H3. The minimum atomic E-state index is -0.179. The van der Waals surface area contributed by atoms with E-state index in [0.29, 0.717) is 12.1 Å². The van der Waals surface area contributed by atoms with E-state index in [-0.39, 0.29) is 11.4 Å². The van der Waals surface area contributed by atoms with Crippen molar-refractivity contribution in [3.63, 3.8) is 0 Å². The number of aromatic nitrogens is 1. The summed E-state index contributed by atoms with van der Waals surface area (Å²) < 4.78 is 0. The second kappa shape index (κ2) is 4.75. The lowest BCUT2D eigenvalue weighted by molar-refractivity contribution is 0.0488. The van der Waals surface area contributed by atoms with Gasteiger partial charge in [0.15, 0.2) is 0 Å². The summed E-state index contributed by atoms with van der Waals surface area (Å²) in [5.74, 6) is 0.0533. The molecule has 1 aromatic heterocycles. The highest BCUT2D eigenvalue weighted by Crippen LogP contribution is 2.31. The molecule has 0 bridgehead atoms. The molecule has 0 saturated carbocycles. The van der Waals surface area contributed by atoms with Crippen molar-refractivity contribution >= 4 is 5.91 Å². The highest BCUT2D eigenvalue weighted by molar-refractivity contribution is 5.94. The number of amides is 1. The number of pyridine rings is 1. The molecule has 0 unspecified atom stereocenters. The maximum absolute atomic E-state index is 12.7. The molecule has 1 aliphatic heterocycles. The zero-order chi connectivity index (χ0) is 14.2. The van der Waals surface area contributed by atoms with Crippen molar-refractivity contribution in [3.05, 3.63) is 65.5 Å². The highest BCUT2D eigenvalue weighted by Gasteiger charge is 2.36. The van der Waals surface area contributed by atoms with E-state index >= 15 is 0 Å². The Morgan fingerprint density at radius 1 is 1.15 bits per heavy atom. The largest absolute Gasteiger partial charge is 0.329 e. The van der Waals surface area contributed by atoms with Crippen LogP contribution in [0.4, 0.5) is 0 Å². The van der Waals surface area contributed by atoms with Crippen LogP contribution in [-0.4, -0.2) is 21.3 Å². The third kappa shape index (κ3) is 2.20. The van der Waals surface area contributed by atoms with E-state index in [2.05, 4.69) is 37.0 Å². The van der Waals surface area contributed by atoms with Crippen molar-refractivity contribution in [2.45, 2.75) is 32.4 Å². The average Bonchev–Trinajstić information content (AvgIpc) is 2.46. The molecule has 0 atom stereocenters. The number of benzene rings is 1. The fourth-order valence-corrected chi connectivity index (χ4v) is 2.82. The summed E-state index contributed by atoms with van der Waals surface area (Å²) in [5, 5.41) is 0. The molecule has 1 aromatic carbocycles. The zero-order valence-electron chi connectivity index (χ0n) is 11.8. The molecule has 0 aliphatic carbocycles. The molecule has 0 N–H and O–H groups in total. The van der Waals surface area contributed by atoms with Crippen molar-refractivity contribution in [2.24, 2.45) is 0 Å². The summed E-state index contributed by atoms with van der Waals surface area (Å²) in [6.07, 6.45) is 4.21. The second-order valence-electron chi connectivity index (χ2n) is 5.89. The Balaban J connectivity index is 1.96.